The Morgan fingerprint density at radius 1 is 1.14 bits per heavy atom. The summed E-state index contributed by atoms with van der Waals surface area (Å²) in [4.78, 5) is 17.1. The van der Waals surface area contributed by atoms with Crippen LogP contribution in [0.15, 0.2) is 23.0 Å². The van der Waals surface area contributed by atoms with Crippen molar-refractivity contribution in [2.45, 2.75) is 40.7 Å². The largest absolute Gasteiger partial charge is 0.323 e. The molecule has 21 heavy (non-hydrogen) atoms. The van der Waals surface area contributed by atoms with E-state index in [1.165, 1.54) is 5.56 Å². The van der Waals surface area contributed by atoms with Crippen LogP contribution in [0.4, 0.5) is 0 Å². The molecule has 1 unspecified atom stereocenters. The molecule has 1 atom stereocenters. The summed E-state index contributed by atoms with van der Waals surface area (Å²) in [6.07, 6.45) is 0. The van der Waals surface area contributed by atoms with Gasteiger partial charge in [-0.05, 0) is 41.0 Å². The van der Waals surface area contributed by atoms with E-state index in [2.05, 4.69) is 62.0 Å². The Balaban J connectivity index is 2.02. The van der Waals surface area contributed by atoms with Crippen LogP contribution in [0, 0.1) is 16.7 Å². The summed E-state index contributed by atoms with van der Waals surface area (Å²) < 4.78 is 0. The molecule has 114 valence electrons. The zero-order valence-electron chi connectivity index (χ0n) is 13.5. The normalized spacial score (nSPS) is 21.6. The summed E-state index contributed by atoms with van der Waals surface area (Å²) in [5.41, 5.74) is 3.50. The van der Waals surface area contributed by atoms with Crippen LogP contribution in [0.5, 0.6) is 0 Å². The number of benzene rings is 1. The third-order valence-electron chi connectivity index (χ3n) is 5.79. The third-order valence-corrected chi connectivity index (χ3v) is 5.79. The lowest BCUT2D eigenvalue weighted by Crippen LogP contribution is -2.25. The SMILES string of the molecule is CCNC(c1ccc2[nH]c(=O)[nH]c2c1)C1C(C)(C)C1(C)C. The van der Waals surface area contributed by atoms with Gasteiger partial charge >= 0.3 is 5.69 Å². The van der Waals surface area contributed by atoms with Crippen LogP contribution in [-0.4, -0.2) is 16.5 Å². The van der Waals surface area contributed by atoms with Crippen molar-refractivity contribution in [1.29, 1.82) is 0 Å². The van der Waals surface area contributed by atoms with Crippen LogP contribution < -0.4 is 11.0 Å². The van der Waals surface area contributed by atoms with Crippen molar-refractivity contribution in [2.24, 2.45) is 16.7 Å². The molecule has 0 amide bonds. The first-order valence-corrected chi connectivity index (χ1v) is 7.74. The Morgan fingerprint density at radius 3 is 2.33 bits per heavy atom. The topological polar surface area (TPSA) is 60.7 Å². The fraction of sp³-hybridized carbons (Fsp3) is 0.588. The molecule has 1 aromatic carbocycles. The Bertz CT molecular complexity index is 709. The molecular weight excluding hydrogens is 262 g/mol. The molecule has 1 aliphatic carbocycles. The van der Waals surface area contributed by atoms with E-state index in [-0.39, 0.29) is 5.69 Å². The monoisotopic (exact) mass is 287 g/mol. The molecule has 0 bridgehead atoms. The van der Waals surface area contributed by atoms with Crippen molar-refractivity contribution in [3.8, 4) is 0 Å². The predicted molar refractivity (Wildman–Crippen MR) is 86.4 cm³/mol. The number of fused-ring (bicyclic) bond motifs is 1. The maximum absolute atomic E-state index is 11.4. The molecule has 1 heterocycles. The first-order chi connectivity index (χ1) is 9.79. The van der Waals surface area contributed by atoms with E-state index in [1.807, 2.05) is 6.07 Å². The van der Waals surface area contributed by atoms with Gasteiger partial charge in [-0.1, -0.05) is 40.7 Å². The maximum atomic E-state index is 11.4. The van der Waals surface area contributed by atoms with Gasteiger partial charge in [-0.3, -0.25) is 0 Å². The van der Waals surface area contributed by atoms with Crippen molar-refractivity contribution in [2.75, 3.05) is 6.54 Å². The molecule has 1 aliphatic rings. The molecule has 3 rings (SSSR count). The van der Waals surface area contributed by atoms with Gasteiger partial charge in [-0.25, -0.2) is 4.79 Å². The summed E-state index contributed by atoms with van der Waals surface area (Å²) in [6.45, 7) is 12.5. The van der Waals surface area contributed by atoms with Crippen LogP contribution in [-0.2, 0) is 0 Å². The summed E-state index contributed by atoms with van der Waals surface area (Å²) in [7, 11) is 0. The number of H-pyrrole nitrogens is 2. The average molecular weight is 287 g/mol. The molecule has 0 saturated heterocycles. The highest BCUT2D eigenvalue weighted by Gasteiger charge is 2.67. The van der Waals surface area contributed by atoms with Gasteiger partial charge in [0.2, 0.25) is 0 Å². The second-order valence-electron chi connectivity index (χ2n) is 7.34. The van der Waals surface area contributed by atoms with Gasteiger partial charge in [-0.15, -0.1) is 0 Å². The van der Waals surface area contributed by atoms with E-state index in [4.69, 9.17) is 0 Å². The van der Waals surface area contributed by atoms with Gasteiger partial charge in [0.25, 0.3) is 0 Å². The van der Waals surface area contributed by atoms with Crippen molar-refractivity contribution in [3.63, 3.8) is 0 Å². The van der Waals surface area contributed by atoms with Crippen LogP contribution >= 0.6 is 0 Å². The summed E-state index contributed by atoms with van der Waals surface area (Å²) >= 11 is 0. The number of hydrogen-bond acceptors (Lipinski definition) is 2. The first kappa shape index (κ1) is 14.4. The quantitative estimate of drug-likeness (QED) is 0.808. The second-order valence-corrected chi connectivity index (χ2v) is 7.34. The van der Waals surface area contributed by atoms with E-state index in [0.717, 1.165) is 17.6 Å². The van der Waals surface area contributed by atoms with E-state index in [9.17, 15) is 4.79 Å². The standard InChI is InChI=1S/C17H25N3O/c1-6-18-13(14-16(2,3)17(14,4)5)10-7-8-11-12(9-10)20-15(21)19-11/h7-9,13-14,18H,6H2,1-5H3,(H2,19,20,21). The lowest BCUT2D eigenvalue weighted by molar-refractivity contribution is 0.418. The average Bonchev–Trinajstić information content (AvgIpc) is 2.70. The maximum Gasteiger partial charge on any atom is 0.323 e. The molecule has 1 aromatic heterocycles. The van der Waals surface area contributed by atoms with Gasteiger partial charge in [0.05, 0.1) is 11.0 Å². The molecule has 3 N–H and O–H groups in total. The molecule has 2 aromatic rings. The van der Waals surface area contributed by atoms with Crippen LogP contribution in [0.2, 0.25) is 0 Å². The number of hydrogen-bond donors (Lipinski definition) is 3. The fourth-order valence-corrected chi connectivity index (χ4v) is 3.97. The Morgan fingerprint density at radius 2 is 1.76 bits per heavy atom. The fourth-order valence-electron chi connectivity index (χ4n) is 3.97. The minimum absolute atomic E-state index is 0.144. The van der Waals surface area contributed by atoms with Crippen molar-refractivity contribution in [3.05, 3.63) is 34.2 Å². The molecule has 4 heteroatoms. The molecule has 1 fully saturated rings. The highest BCUT2D eigenvalue weighted by atomic mass is 16.1. The first-order valence-electron chi connectivity index (χ1n) is 7.74. The number of aromatic amines is 2. The molecule has 0 radical (unpaired) electrons. The Labute approximate surface area is 125 Å². The number of imidazole rings is 1. The molecule has 4 nitrogen and oxygen atoms in total. The van der Waals surface area contributed by atoms with Crippen molar-refractivity contribution in [1.82, 2.24) is 15.3 Å². The number of nitrogens with one attached hydrogen (secondary N) is 3. The van der Waals surface area contributed by atoms with Crippen molar-refractivity contribution >= 4 is 11.0 Å². The van der Waals surface area contributed by atoms with Gasteiger partial charge in [0.1, 0.15) is 0 Å². The van der Waals surface area contributed by atoms with E-state index in [1.54, 1.807) is 0 Å². The minimum Gasteiger partial charge on any atom is -0.310 e. The lowest BCUT2D eigenvalue weighted by atomic mass is 9.96. The molecular formula is C17H25N3O. The minimum atomic E-state index is -0.144. The zero-order chi connectivity index (χ0) is 15.4. The third kappa shape index (κ3) is 2.04. The molecule has 0 spiro atoms. The van der Waals surface area contributed by atoms with Gasteiger partial charge in [0.15, 0.2) is 0 Å². The van der Waals surface area contributed by atoms with Gasteiger partial charge < -0.3 is 15.3 Å². The Kier molecular flexibility index (Phi) is 3.06. The molecule has 0 aliphatic heterocycles. The number of rotatable bonds is 4. The van der Waals surface area contributed by atoms with Crippen LogP contribution in [0.1, 0.15) is 46.2 Å². The van der Waals surface area contributed by atoms with Gasteiger partial charge in [0, 0.05) is 6.04 Å². The summed E-state index contributed by atoms with van der Waals surface area (Å²) in [6, 6.07) is 6.55. The second kappa shape index (κ2) is 4.47. The number of aromatic nitrogens is 2. The van der Waals surface area contributed by atoms with Crippen LogP contribution in [0.3, 0.4) is 0 Å². The van der Waals surface area contributed by atoms with Gasteiger partial charge in [-0.2, -0.15) is 0 Å². The lowest BCUT2D eigenvalue weighted by Gasteiger charge is -2.21. The van der Waals surface area contributed by atoms with Crippen molar-refractivity contribution < 1.29 is 0 Å². The smallest absolute Gasteiger partial charge is 0.310 e. The van der Waals surface area contributed by atoms with E-state index >= 15 is 0 Å². The van der Waals surface area contributed by atoms with E-state index in [0.29, 0.717) is 22.8 Å². The van der Waals surface area contributed by atoms with Crippen LogP contribution in [0.25, 0.3) is 11.0 Å². The zero-order valence-corrected chi connectivity index (χ0v) is 13.5. The van der Waals surface area contributed by atoms with E-state index < -0.39 is 0 Å². The molecule has 1 saturated carbocycles. The highest BCUT2D eigenvalue weighted by molar-refractivity contribution is 5.75. The highest BCUT2D eigenvalue weighted by Crippen LogP contribution is 2.72. The summed E-state index contributed by atoms with van der Waals surface area (Å²) in [5.74, 6) is 0.591. The Hall–Kier alpha value is -1.55. The predicted octanol–water partition coefficient (Wildman–Crippen LogP) is 3.19. The summed E-state index contributed by atoms with van der Waals surface area (Å²) in [5, 5.41) is 3.64.